The number of ether oxygens (including phenoxy) is 1. The summed E-state index contributed by atoms with van der Waals surface area (Å²) >= 11 is 6.08. The van der Waals surface area contributed by atoms with E-state index < -0.39 is 23.9 Å². The molecule has 0 fully saturated rings. The van der Waals surface area contributed by atoms with Gasteiger partial charge in [-0.2, -0.15) is 0 Å². The zero-order chi connectivity index (χ0) is 18.6. The van der Waals surface area contributed by atoms with Crippen molar-refractivity contribution in [2.24, 2.45) is 0 Å². The average molecular weight is 366 g/mol. The molecule has 4 N–H and O–H groups in total. The number of cyclic esters (lactones) is 1. The molecular formula is C18H20ClNO5. The molecule has 1 heterocycles. The number of rotatable bonds is 0. The Kier molecular flexibility index (Phi) is 6.22. The van der Waals surface area contributed by atoms with E-state index in [1.807, 2.05) is 0 Å². The molecule has 1 aliphatic heterocycles. The van der Waals surface area contributed by atoms with Gasteiger partial charge in [0.1, 0.15) is 23.2 Å². The Morgan fingerprint density at radius 3 is 2.68 bits per heavy atom. The fourth-order valence-electron chi connectivity index (χ4n) is 2.47. The Morgan fingerprint density at radius 1 is 1.24 bits per heavy atom. The smallest absolute Gasteiger partial charge is 0.342 e. The second-order valence-corrected chi connectivity index (χ2v) is 6.25. The topological polar surface area (TPSA) is 111 Å². The van der Waals surface area contributed by atoms with Crippen LogP contribution in [0.4, 0.5) is 0 Å². The fourth-order valence-corrected chi connectivity index (χ4v) is 2.69. The number of aliphatic hydroxyl groups excluding tert-OH is 1. The Labute approximate surface area is 150 Å². The molecule has 0 spiro atoms. The summed E-state index contributed by atoms with van der Waals surface area (Å²) in [6.45, 7) is 1.68. The predicted molar refractivity (Wildman–Crippen MR) is 94.6 cm³/mol. The van der Waals surface area contributed by atoms with E-state index in [1.54, 1.807) is 25.2 Å². The lowest BCUT2D eigenvalue weighted by Crippen LogP contribution is -2.17. The van der Waals surface area contributed by atoms with Gasteiger partial charge in [0.2, 0.25) is 0 Å². The number of aromatic hydroxyl groups is 2. The molecule has 6 nitrogen and oxygen atoms in total. The van der Waals surface area contributed by atoms with Gasteiger partial charge < -0.3 is 25.5 Å². The maximum atomic E-state index is 12.5. The van der Waals surface area contributed by atoms with Crippen molar-refractivity contribution < 1.29 is 24.9 Å². The number of nitrogens with one attached hydrogen (secondary N) is 1. The first-order valence-corrected chi connectivity index (χ1v) is 8.20. The molecule has 1 aromatic carbocycles. The van der Waals surface area contributed by atoms with E-state index in [0.717, 1.165) is 6.07 Å². The van der Waals surface area contributed by atoms with Gasteiger partial charge in [0.05, 0.1) is 11.1 Å². The molecule has 0 aliphatic carbocycles. The number of phenols is 2. The van der Waals surface area contributed by atoms with Gasteiger partial charge in [-0.15, -0.1) is 0 Å². The van der Waals surface area contributed by atoms with E-state index in [-0.39, 0.29) is 34.0 Å². The molecule has 2 atom stereocenters. The molecule has 0 saturated heterocycles. The summed E-state index contributed by atoms with van der Waals surface area (Å²) in [7, 11) is 0. The van der Waals surface area contributed by atoms with Crippen LogP contribution in [0.25, 0.3) is 0 Å². The Bertz CT molecular complexity index is 741. The first-order chi connectivity index (χ1) is 11.8. The van der Waals surface area contributed by atoms with E-state index >= 15 is 0 Å². The van der Waals surface area contributed by atoms with E-state index in [1.165, 1.54) is 6.08 Å². The number of halogens is 1. The summed E-state index contributed by atoms with van der Waals surface area (Å²) in [6, 6.07) is 0.978. The molecule has 2 rings (SSSR count). The van der Waals surface area contributed by atoms with Crippen LogP contribution >= 0.6 is 11.6 Å². The molecule has 7 heteroatoms. The van der Waals surface area contributed by atoms with Crippen LogP contribution < -0.4 is 0 Å². The van der Waals surface area contributed by atoms with Crippen LogP contribution in [0.5, 0.6) is 11.5 Å². The molecule has 0 bridgehead atoms. The van der Waals surface area contributed by atoms with Crippen LogP contribution in [0.2, 0.25) is 5.02 Å². The van der Waals surface area contributed by atoms with Crippen molar-refractivity contribution in [2.45, 2.75) is 38.4 Å². The molecule has 0 unspecified atom stereocenters. The van der Waals surface area contributed by atoms with Crippen LogP contribution in [-0.4, -0.2) is 39.2 Å². The van der Waals surface area contributed by atoms with Crippen molar-refractivity contribution in [3.63, 3.8) is 0 Å². The van der Waals surface area contributed by atoms with Gasteiger partial charge in [-0.1, -0.05) is 29.8 Å². The lowest BCUT2D eigenvalue weighted by molar-refractivity contribution is 0.0343. The third-order valence-corrected chi connectivity index (χ3v) is 4.15. The first kappa shape index (κ1) is 19.0. The number of esters is 1. The number of fused-ring (bicyclic) bond motifs is 1. The standard InChI is InChI=1S/C18H20ClNO5/c1-10-4-2-6-12(21)7-3-5-11(20)8-13-16(18(24)25-10)14(22)9-15(23)17(13)19/h2-3,5-6,9-10,12,20-23H,4,7-8H2,1H3/b5-3+,6-2+,20-11?/t10-,12-/m1/s1. The molecule has 0 saturated carbocycles. The molecule has 134 valence electrons. The molecule has 25 heavy (non-hydrogen) atoms. The van der Waals surface area contributed by atoms with Crippen molar-refractivity contribution in [3.8, 4) is 11.5 Å². The van der Waals surface area contributed by atoms with Crippen LogP contribution in [0.1, 0.15) is 35.7 Å². The number of allylic oxidation sites excluding steroid dienone is 1. The van der Waals surface area contributed by atoms with Crippen molar-refractivity contribution in [1.82, 2.24) is 0 Å². The first-order valence-electron chi connectivity index (χ1n) is 7.82. The summed E-state index contributed by atoms with van der Waals surface area (Å²) in [5.74, 6) is -1.62. The SMILES string of the molecule is C[C@@H]1C/C=C/[C@@H](O)C/C=C/C(=N)Cc2c(Cl)c(O)cc(O)c2C(=O)O1. The normalized spacial score (nSPS) is 24.8. The highest BCUT2D eigenvalue weighted by atomic mass is 35.5. The third kappa shape index (κ3) is 4.84. The Balaban J connectivity index is 2.49. The lowest BCUT2D eigenvalue weighted by Gasteiger charge is -2.17. The Morgan fingerprint density at radius 2 is 1.96 bits per heavy atom. The summed E-state index contributed by atoms with van der Waals surface area (Å²) in [4.78, 5) is 12.5. The van der Waals surface area contributed by atoms with Crippen LogP contribution in [0.3, 0.4) is 0 Å². The molecule has 1 aliphatic rings. The second-order valence-electron chi connectivity index (χ2n) is 5.87. The minimum Gasteiger partial charge on any atom is -0.507 e. The van der Waals surface area contributed by atoms with Gasteiger partial charge in [-0.05, 0) is 25.0 Å². The maximum Gasteiger partial charge on any atom is 0.342 e. The van der Waals surface area contributed by atoms with Gasteiger partial charge in [0.15, 0.2) is 0 Å². The number of carbonyl (C=O) groups excluding carboxylic acids is 1. The van der Waals surface area contributed by atoms with Crippen molar-refractivity contribution in [3.05, 3.63) is 46.5 Å². The maximum absolute atomic E-state index is 12.5. The highest BCUT2D eigenvalue weighted by Crippen LogP contribution is 2.37. The molecule has 0 amide bonds. The van der Waals surface area contributed by atoms with Gasteiger partial charge >= 0.3 is 5.97 Å². The van der Waals surface area contributed by atoms with E-state index in [2.05, 4.69) is 0 Å². The summed E-state index contributed by atoms with van der Waals surface area (Å²) in [5.41, 5.74) is 0.0651. The Hall–Kier alpha value is -2.31. The van der Waals surface area contributed by atoms with Gasteiger partial charge in [-0.3, -0.25) is 0 Å². The van der Waals surface area contributed by atoms with Crippen LogP contribution in [0, 0.1) is 5.41 Å². The lowest BCUT2D eigenvalue weighted by atomic mass is 9.99. The number of benzene rings is 1. The van der Waals surface area contributed by atoms with Gasteiger partial charge in [0, 0.05) is 24.6 Å². The largest absolute Gasteiger partial charge is 0.507 e. The summed E-state index contributed by atoms with van der Waals surface area (Å²) in [5, 5.41) is 37.6. The molecule has 0 radical (unpaired) electrons. The number of phenolic OH excluding ortho intramolecular Hbond substituents is 2. The fraction of sp³-hybridized carbons (Fsp3) is 0.333. The molecule has 0 aromatic heterocycles. The zero-order valence-corrected chi connectivity index (χ0v) is 14.5. The number of aliphatic hydroxyl groups is 1. The third-order valence-electron chi connectivity index (χ3n) is 3.72. The number of hydrogen-bond donors (Lipinski definition) is 4. The average Bonchev–Trinajstić information content (AvgIpc) is 2.51. The summed E-state index contributed by atoms with van der Waals surface area (Å²) < 4.78 is 5.31. The molecular weight excluding hydrogens is 346 g/mol. The van der Waals surface area contributed by atoms with Crippen LogP contribution in [0.15, 0.2) is 30.4 Å². The number of carbonyl (C=O) groups is 1. The van der Waals surface area contributed by atoms with E-state index in [0.29, 0.717) is 12.8 Å². The van der Waals surface area contributed by atoms with Crippen molar-refractivity contribution in [1.29, 1.82) is 5.41 Å². The van der Waals surface area contributed by atoms with E-state index in [9.17, 15) is 20.1 Å². The van der Waals surface area contributed by atoms with Crippen molar-refractivity contribution >= 4 is 23.3 Å². The molecule has 1 aromatic rings. The zero-order valence-electron chi connectivity index (χ0n) is 13.7. The van der Waals surface area contributed by atoms with E-state index in [4.69, 9.17) is 21.7 Å². The second kappa shape index (κ2) is 8.18. The van der Waals surface area contributed by atoms with Crippen LogP contribution in [-0.2, 0) is 11.2 Å². The highest BCUT2D eigenvalue weighted by Gasteiger charge is 2.25. The van der Waals surface area contributed by atoms with Crippen molar-refractivity contribution in [2.75, 3.05) is 0 Å². The summed E-state index contributed by atoms with van der Waals surface area (Å²) in [6.07, 6.45) is 5.89. The minimum atomic E-state index is -0.787. The minimum absolute atomic E-state index is 0.0813. The van der Waals surface area contributed by atoms with Gasteiger partial charge in [-0.25, -0.2) is 4.79 Å². The monoisotopic (exact) mass is 365 g/mol. The number of hydrogen-bond acceptors (Lipinski definition) is 6. The highest BCUT2D eigenvalue weighted by molar-refractivity contribution is 6.33. The van der Waals surface area contributed by atoms with Gasteiger partial charge in [0.25, 0.3) is 0 Å². The quantitative estimate of drug-likeness (QED) is 0.417. The predicted octanol–water partition coefficient (Wildman–Crippen LogP) is 3.13.